The van der Waals surface area contributed by atoms with Gasteiger partial charge < -0.3 is 4.74 Å². The van der Waals surface area contributed by atoms with Gasteiger partial charge in [0.1, 0.15) is 23.9 Å². The summed E-state index contributed by atoms with van der Waals surface area (Å²) in [4.78, 5) is 17.4. The summed E-state index contributed by atoms with van der Waals surface area (Å²) in [5.41, 5.74) is 1.85. The average Bonchev–Trinajstić information content (AvgIpc) is 3.02. The zero-order valence-corrected chi connectivity index (χ0v) is 17.3. The Kier molecular flexibility index (Phi) is 6.68. The number of ether oxygens (including phenoxy) is 1. The molecule has 156 valence electrons. The van der Waals surface area contributed by atoms with Crippen molar-refractivity contribution in [3.8, 4) is 11.8 Å². The number of hydrogen-bond acceptors (Lipinski definition) is 4. The summed E-state index contributed by atoms with van der Waals surface area (Å²) in [6.45, 7) is 3.20. The number of fused-ring (bicyclic) bond motifs is 1. The molecule has 2 heterocycles. The van der Waals surface area contributed by atoms with Gasteiger partial charge >= 0.3 is 0 Å². The Balaban J connectivity index is 1.96. The number of ketones is 1. The Labute approximate surface area is 177 Å². The second-order valence-corrected chi connectivity index (χ2v) is 7.43. The number of carbonyl (C=O) groups excluding carboxylic acids is 1. The highest BCUT2D eigenvalue weighted by atomic mass is 35.5. The van der Waals surface area contributed by atoms with E-state index in [2.05, 4.69) is 4.98 Å². The fourth-order valence-electron chi connectivity index (χ4n) is 3.29. The maximum absolute atomic E-state index is 13.9. The van der Waals surface area contributed by atoms with Gasteiger partial charge in [0.05, 0.1) is 17.3 Å². The molecule has 0 saturated carbocycles. The van der Waals surface area contributed by atoms with Crippen LogP contribution >= 0.6 is 11.6 Å². The summed E-state index contributed by atoms with van der Waals surface area (Å²) >= 11 is 5.88. The van der Waals surface area contributed by atoms with Crippen LogP contribution in [-0.4, -0.2) is 21.0 Å². The molecule has 0 saturated heterocycles. The number of imidazole rings is 1. The number of rotatable bonds is 8. The van der Waals surface area contributed by atoms with Crippen LogP contribution in [0.2, 0.25) is 0 Å². The third-order valence-electron chi connectivity index (χ3n) is 4.77. The molecule has 1 atom stereocenters. The van der Waals surface area contributed by atoms with E-state index in [1.54, 1.807) is 23.6 Å². The second-order valence-electron chi connectivity index (χ2n) is 7.12. The maximum atomic E-state index is 13.9. The number of pyridine rings is 1. The van der Waals surface area contributed by atoms with Crippen molar-refractivity contribution < 1.29 is 18.3 Å². The van der Waals surface area contributed by atoms with Gasteiger partial charge in [0, 0.05) is 24.9 Å². The van der Waals surface area contributed by atoms with Gasteiger partial charge in [-0.05, 0) is 43.5 Å². The monoisotopic (exact) mass is 431 g/mol. The van der Waals surface area contributed by atoms with Gasteiger partial charge in [-0.3, -0.25) is 9.20 Å². The minimum absolute atomic E-state index is 0.121. The van der Waals surface area contributed by atoms with Crippen molar-refractivity contribution in [2.24, 2.45) is 5.92 Å². The standard InChI is InChI=1S/C22H20ClF2N3O2/c1-13-8-20(30-12-16-17(24)4-3-5-18(16)25)22-27-14(2)21(28(22)11-13)19(29)9-15(10-23)6-7-26/h3-5,8,11,15H,6,9-10,12H2,1-2H3. The van der Waals surface area contributed by atoms with Crippen molar-refractivity contribution >= 4 is 23.0 Å². The number of hydrogen-bond donors (Lipinski definition) is 0. The van der Waals surface area contributed by atoms with E-state index in [-0.39, 0.29) is 42.6 Å². The van der Waals surface area contributed by atoms with Gasteiger partial charge in [-0.2, -0.15) is 5.26 Å². The summed E-state index contributed by atoms with van der Waals surface area (Å²) < 4.78 is 35.2. The first-order valence-corrected chi connectivity index (χ1v) is 9.90. The van der Waals surface area contributed by atoms with E-state index in [4.69, 9.17) is 21.6 Å². The first-order valence-electron chi connectivity index (χ1n) is 9.36. The van der Waals surface area contributed by atoms with Crippen LogP contribution in [0.1, 0.15) is 40.2 Å². The van der Waals surface area contributed by atoms with Crippen LogP contribution in [-0.2, 0) is 6.61 Å². The van der Waals surface area contributed by atoms with E-state index in [9.17, 15) is 13.6 Å². The number of Topliss-reactive ketones (excluding diaryl/α,β-unsaturated/α-hetero) is 1. The lowest BCUT2D eigenvalue weighted by Crippen LogP contribution is -2.13. The van der Waals surface area contributed by atoms with Crippen molar-refractivity contribution in [2.75, 3.05) is 5.88 Å². The van der Waals surface area contributed by atoms with Crippen LogP contribution in [0.3, 0.4) is 0 Å². The Hall–Kier alpha value is -2.98. The molecule has 3 rings (SSSR count). The zero-order chi connectivity index (χ0) is 21.8. The Bertz CT molecular complexity index is 1120. The van der Waals surface area contributed by atoms with Crippen molar-refractivity contribution in [2.45, 2.75) is 33.3 Å². The molecule has 0 aliphatic rings. The lowest BCUT2D eigenvalue weighted by Gasteiger charge is -2.12. The summed E-state index contributed by atoms with van der Waals surface area (Å²) in [6.07, 6.45) is 2.06. The smallest absolute Gasteiger partial charge is 0.181 e. The predicted molar refractivity (Wildman–Crippen MR) is 109 cm³/mol. The largest absolute Gasteiger partial charge is 0.485 e. The minimum Gasteiger partial charge on any atom is -0.485 e. The van der Waals surface area contributed by atoms with Gasteiger partial charge in [0.2, 0.25) is 0 Å². The van der Waals surface area contributed by atoms with E-state index in [1.165, 1.54) is 18.2 Å². The van der Waals surface area contributed by atoms with Gasteiger partial charge in [-0.1, -0.05) is 6.07 Å². The molecule has 0 fully saturated rings. The van der Waals surface area contributed by atoms with E-state index >= 15 is 0 Å². The van der Waals surface area contributed by atoms with Gasteiger partial charge in [-0.15, -0.1) is 11.6 Å². The Morgan fingerprint density at radius 1 is 1.33 bits per heavy atom. The fraction of sp³-hybridized carbons (Fsp3) is 0.318. The van der Waals surface area contributed by atoms with Crippen molar-refractivity contribution in [1.82, 2.24) is 9.38 Å². The molecule has 3 aromatic rings. The number of halogens is 3. The SMILES string of the molecule is Cc1cc(OCc2c(F)cccc2F)c2nc(C)c(C(=O)CC(CCl)CC#N)n2c1. The van der Waals surface area contributed by atoms with Gasteiger partial charge in [0.25, 0.3) is 0 Å². The fourth-order valence-corrected chi connectivity index (χ4v) is 3.51. The highest BCUT2D eigenvalue weighted by Gasteiger charge is 2.22. The van der Waals surface area contributed by atoms with Crippen LogP contribution in [0.25, 0.3) is 5.65 Å². The normalized spacial score (nSPS) is 12.0. The molecule has 1 aromatic carbocycles. The molecule has 0 aliphatic heterocycles. The quantitative estimate of drug-likeness (QED) is 0.365. The number of carbonyl (C=O) groups is 1. The van der Waals surface area contributed by atoms with E-state index < -0.39 is 11.6 Å². The molecule has 0 amide bonds. The van der Waals surface area contributed by atoms with Gasteiger partial charge in [0.15, 0.2) is 17.2 Å². The minimum atomic E-state index is -0.696. The first kappa shape index (κ1) is 21.7. The first-order chi connectivity index (χ1) is 14.3. The highest BCUT2D eigenvalue weighted by molar-refractivity contribution is 6.18. The molecule has 30 heavy (non-hydrogen) atoms. The molecular weight excluding hydrogens is 412 g/mol. The van der Waals surface area contributed by atoms with Crippen LogP contribution in [0.5, 0.6) is 5.75 Å². The molecule has 2 aromatic heterocycles. The molecule has 0 spiro atoms. The Morgan fingerprint density at radius 2 is 2.03 bits per heavy atom. The third-order valence-corrected chi connectivity index (χ3v) is 5.20. The molecular formula is C22H20ClF2N3O2. The Morgan fingerprint density at radius 3 is 2.67 bits per heavy atom. The summed E-state index contributed by atoms with van der Waals surface area (Å²) in [6, 6.07) is 7.36. The predicted octanol–water partition coefficient (Wildman–Crippen LogP) is 5.15. The summed E-state index contributed by atoms with van der Waals surface area (Å²) in [7, 11) is 0. The van der Waals surface area contributed by atoms with Crippen LogP contribution in [0, 0.1) is 42.7 Å². The third kappa shape index (κ3) is 4.44. The summed E-state index contributed by atoms with van der Waals surface area (Å²) in [5.74, 6) is -1.31. The molecule has 0 radical (unpaired) electrons. The lowest BCUT2D eigenvalue weighted by molar-refractivity contribution is 0.0959. The van der Waals surface area contributed by atoms with Crippen LogP contribution < -0.4 is 4.74 Å². The maximum Gasteiger partial charge on any atom is 0.181 e. The van der Waals surface area contributed by atoms with Crippen molar-refractivity contribution in [1.29, 1.82) is 5.26 Å². The molecule has 0 N–H and O–H groups in total. The number of nitriles is 1. The van der Waals surface area contributed by atoms with Crippen molar-refractivity contribution in [3.05, 3.63) is 64.6 Å². The number of aryl methyl sites for hydroxylation is 2. The number of benzene rings is 1. The van der Waals surface area contributed by atoms with E-state index in [0.717, 1.165) is 5.56 Å². The number of aromatic nitrogens is 2. The van der Waals surface area contributed by atoms with Crippen molar-refractivity contribution in [3.63, 3.8) is 0 Å². The van der Waals surface area contributed by atoms with Gasteiger partial charge in [-0.25, -0.2) is 13.8 Å². The van der Waals surface area contributed by atoms with Crippen LogP contribution in [0.4, 0.5) is 8.78 Å². The van der Waals surface area contributed by atoms with E-state index in [1.807, 2.05) is 13.0 Å². The second kappa shape index (κ2) is 9.23. The zero-order valence-electron chi connectivity index (χ0n) is 16.6. The molecule has 1 unspecified atom stereocenters. The molecule has 0 aliphatic carbocycles. The number of alkyl halides is 1. The van der Waals surface area contributed by atoms with E-state index in [0.29, 0.717) is 22.8 Å². The highest BCUT2D eigenvalue weighted by Crippen LogP contribution is 2.27. The van der Waals surface area contributed by atoms with Crippen LogP contribution in [0.15, 0.2) is 30.5 Å². The topological polar surface area (TPSA) is 67.4 Å². The average molecular weight is 432 g/mol. The molecule has 0 bridgehead atoms. The lowest BCUT2D eigenvalue weighted by atomic mass is 9.99. The molecule has 5 nitrogen and oxygen atoms in total. The molecule has 8 heteroatoms. The summed E-state index contributed by atoms with van der Waals surface area (Å²) in [5, 5.41) is 8.89. The number of nitrogens with zero attached hydrogens (tertiary/aromatic N) is 3.